The van der Waals surface area contributed by atoms with E-state index < -0.39 is 0 Å². The summed E-state index contributed by atoms with van der Waals surface area (Å²) in [6.07, 6.45) is 3.80. The van der Waals surface area contributed by atoms with E-state index in [1.807, 2.05) is 36.6 Å². The Morgan fingerprint density at radius 2 is 2.00 bits per heavy atom. The highest BCUT2D eigenvalue weighted by atomic mass is 32.1. The number of thiazole rings is 1. The van der Waals surface area contributed by atoms with Gasteiger partial charge in [0.2, 0.25) is 0 Å². The van der Waals surface area contributed by atoms with Crippen molar-refractivity contribution >= 4 is 28.1 Å². The van der Waals surface area contributed by atoms with E-state index in [9.17, 15) is 4.79 Å². The molecule has 0 saturated carbocycles. The molecule has 0 fully saturated rings. The molecule has 0 aliphatic carbocycles. The highest BCUT2D eigenvalue weighted by Crippen LogP contribution is 2.18. The first-order chi connectivity index (χ1) is 12.2. The Balaban J connectivity index is 1.52. The fourth-order valence-corrected chi connectivity index (χ4v) is 3.14. The first-order valence-corrected chi connectivity index (χ1v) is 9.19. The van der Waals surface area contributed by atoms with Gasteiger partial charge in [0.05, 0.1) is 0 Å². The normalized spacial score (nSPS) is 10.4. The average Bonchev–Trinajstić information content (AvgIpc) is 3.13. The van der Waals surface area contributed by atoms with Crippen LogP contribution in [0.3, 0.4) is 0 Å². The Morgan fingerprint density at radius 1 is 1.16 bits per heavy atom. The summed E-state index contributed by atoms with van der Waals surface area (Å²) in [6.45, 7) is 2.92. The fraction of sp³-hybridized carbons (Fsp3) is 0.200. The molecule has 2 aromatic carbocycles. The quantitative estimate of drug-likeness (QED) is 0.604. The van der Waals surface area contributed by atoms with Gasteiger partial charge in [-0.3, -0.25) is 10.1 Å². The summed E-state index contributed by atoms with van der Waals surface area (Å²) >= 11 is 1.41. The molecule has 0 aliphatic rings. The van der Waals surface area contributed by atoms with Gasteiger partial charge in [0.25, 0.3) is 5.91 Å². The van der Waals surface area contributed by atoms with Crippen LogP contribution >= 0.6 is 11.3 Å². The summed E-state index contributed by atoms with van der Waals surface area (Å²) in [6, 6.07) is 16.2. The molecule has 0 bridgehead atoms. The lowest BCUT2D eigenvalue weighted by atomic mass is 10.1. The van der Waals surface area contributed by atoms with Crippen LogP contribution in [0.5, 0.6) is 0 Å². The van der Waals surface area contributed by atoms with Gasteiger partial charge in [-0.05, 0) is 49.1 Å². The van der Waals surface area contributed by atoms with Crippen LogP contribution in [-0.2, 0) is 6.42 Å². The topological polar surface area (TPSA) is 54.0 Å². The monoisotopic (exact) mass is 351 g/mol. The Labute approximate surface area is 151 Å². The van der Waals surface area contributed by atoms with E-state index >= 15 is 0 Å². The van der Waals surface area contributed by atoms with Crippen molar-refractivity contribution in [1.82, 2.24) is 4.98 Å². The minimum Gasteiger partial charge on any atom is -0.385 e. The Bertz CT molecular complexity index is 816. The molecule has 0 unspecified atom stereocenters. The Kier molecular flexibility index (Phi) is 5.80. The zero-order chi connectivity index (χ0) is 17.5. The minimum absolute atomic E-state index is 0.131. The van der Waals surface area contributed by atoms with E-state index in [0.29, 0.717) is 10.7 Å². The number of benzene rings is 2. The second-order valence-electron chi connectivity index (χ2n) is 5.84. The number of aryl methyl sites for hydroxylation is 2. The van der Waals surface area contributed by atoms with Crippen LogP contribution in [0.1, 0.15) is 27.9 Å². The summed E-state index contributed by atoms with van der Waals surface area (Å²) in [5.41, 5.74) is 4.13. The van der Waals surface area contributed by atoms with Crippen molar-refractivity contribution in [3.05, 3.63) is 76.8 Å². The summed E-state index contributed by atoms with van der Waals surface area (Å²) in [7, 11) is 0. The summed E-state index contributed by atoms with van der Waals surface area (Å²) < 4.78 is 0. The third kappa shape index (κ3) is 4.90. The lowest BCUT2D eigenvalue weighted by Gasteiger charge is -2.11. The van der Waals surface area contributed by atoms with E-state index in [-0.39, 0.29) is 5.91 Å². The highest BCUT2D eigenvalue weighted by molar-refractivity contribution is 7.13. The minimum atomic E-state index is -0.131. The maximum atomic E-state index is 12.2. The Hall–Kier alpha value is -2.66. The number of nitrogens with one attached hydrogen (secondary N) is 2. The lowest BCUT2D eigenvalue weighted by molar-refractivity contribution is 0.102. The number of amides is 1. The van der Waals surface area contributed by atoms with Crippen molar-refractivity contribution in [2.24, 2.45) is 0 Å². The number of hydrogen-bond acceptors (Lipinski definition) is 4. The maximum Gasteiger partial charge on any atom is 0.257 e. The molecule has 128 valence electrons. The first kappa shape index (κ1) is 17.2. The molecule has 4 nitrogen and oxygen atoms in total. The molecular weight excluding hydrogens is 330 g/mol. The van der Waals surface area contributed by atoms with Gasteiger partial charge in [0.1, 0.15) is 0 Å². The van der Waals surface area contributed by atoms with Gasteiger partial charge in [-0.25, -0.2) is 4.98 Å². The maximum absolute atomic E-state index is 12.2. The van der Waals surface area contributed by atoms with Gasteiger partial charge < -0.3 is 5.32 Å². The molecule has 1 heterocycles. The molecular formula is C20H21N3OS. The fourth-order valence-electron chi connectivity index (χ4n) is 2.62. The van der Waals surface area contributed by atoms with Gasteiger partial charge in [0, 0.05) is 29.4 Å². The molecule has 3 rings (SSSR count). The zero-order valence-electron chi connectivity index (χ0n) is 14.2. The van der Waals surface area contributed by atoms with E-state index in [4.69, 9.17) is 0 Å². The van der Waals surface area contributed by atoms with E-state index in [1.54, 1.807) is 6.20 Å². The van der Waals surface area contributed by atoms with Crippen molar-refractivity contribution in [2.75, 3.05) is 17.2 Å². The molecule has 1 aromatic heterocycles. The van der Waals surface area contributed by atoms with Gasteiger partial charge in [-0.2, -0.15) is 0 Å². The van der Waals surface area contributed by atoms with Crippen LogP contribution < -0.4 is 10.6 Å². The molecule has 0 saturated heterocycles. The third-order valence-electron chi connectivity index (χ3n) is 3.94. The summed E-state index contributed by atoms with van der Waals surface area (Å²) in [5, 5.41) is 8.71. The lowest BCUT2D eigenvalue weighted by Crippen LogP contribution is -2.12. The molecule has 0 spiro atoms. The van der Waals surface area contributed by atoms with Gasteiger partial charge >= 0.3 is 0 Å². The van der Waals surface area contributed by atoms with E-state index in [1.165, 1.54) is 16.9 Å². The van der Waals surface area contributed by atoms with Crippen LogP contribution in [0.15, 0.2) is 60.1 Å². The highest BCUT2D eigenvalue weighted by Gasteiger charge is 2.09. The smallest absolute Gasteiger partial charge is 0.257 e. The summed E-state index contributed by atoms with van der Waals surface area (Å²) in [4.78, 5) is 16.3. The molecule has 3 aromatic rings. The molecule has 25 heavy (non-hydrogen) atoms. The van der Waals surface area contributed by atoms with Crippen molar-refractivity contribution in [2.45, 2.75) is 19.8 Å². The van der Waals surface area contributed by atoms with Crippen LogP contribution in [0.4, 0.5) is 10.8 Å². The summed E-state index contributed by atoms with van der Waals surface area (Å²) in [5.74, 6) is -0.131. The number of carbonyl (C=O) groups excluding carboxylic acids is 1. The first-order valence-electron chi connectivity index (χ1n) is 8.31. The van der Waals surface area contributed by atoms with Crippen LogP contribution in [0, 0.1) is 6.92 Å². The Morgan fingerprint density at radius 3 is 2.72 bits per heavy atom. The van der Waals surface area contributed by atoms with Crippen molar-refractivity contribution in [1.29, 1.82) is 0 Å². The second kappa shape index (κ2) is 8.44. The number of rotatable bonds is 7. The molecule has 0 radical (unpaired) electrons. The standard InChI is InChI=1S/C20H21N3OS/c1-15-14-17(19(24)23-20-22-12-13-25-20)9-10-18(15)21-11-5-8-16-6-3-2-4-7-16/h2-4,6-7,9-10,12-14,21H,5,8,11H2,1H3,(H,22,23,24). The molecule has 1 amide bonds. The van der Waals surface area contributed by atoms with Gasteiger partial charge in [-0.1, -0.05) is 30.3 Å². The zero-order valence-corrected chi connectivity index (χ0v) is 15.0. The van der Waals surface area contributed by atoms with Crippen molar-refractivity contribution in [3.8, 4) is 0 Å². The molecule has 5 heteroatoms. The number of carbonyl (C=O) groups is 1. The third-order valence-corrected chi connectivity index (χ3v) is 4.63. The van der Waals surface area contributed by atoms with Crippen LogP contribution in [0.2, 0.25) is 0 Å². The molecule has 2 N–H and O–H groups in total. The number of nitrogens with zero attached hydrogens (tertiary/aromatic N) is 1. The number of aromatic nitrogens is 1. The number of anilines is 2. The van der Waals surface area contributed by atoms with Crippen LogP contribution in [-0.4, -0.2) is 17.4 Å². The molecule has 0 aliphatic heterocycles. The predicted octanol–water partition coefficient (Wildman–Crippen LogP) is 4.75. The number of hydrogen-bond donors (Lipinski definition) is 2. The van der Waals surface area contributed by atoms with Crippen molar-refractivity contribution in [3.63, 3.8) is 0 Å². The van der Waals surface area contributed by atoms with Gasteiger partial charge in [0.15, 0.2) is 5.13 Å². The average molecular weight is 351 g/mol. The SMILES string of the molecule is Cc1cc(C(=O)Nc2nccs2)ccc1NCCCc1ccccc1. The van der Waals surface area contributed by atoms with E-state index in [2.05, 4.69) is 39.9 Å². The van der Waals surface area contributed by atoms with Gasteiger partial charge in [-0.15, -0.1) is 11.3 Å². The largest absolute Gasteiger partial charge is 0.385 e. The van der Waals surface area contributed by atoms with Crippen molar-refractivity contribution < 1.29 is 4.79 Å². The molecule has 0 atom stereocenters. The second-order valence-corrected chi connectivity index (χ2v) is 6.73. The van der Waals surface area contributed by atoms with Crippen LogP contribution in [0.25, 0.3) is 0 Å². The van der Waals surface area contributed by atoms with E-state index in [0.717, 1.165) is 30.6 Å². The predicted molar refractivity (Wildman–Crippen MR) is 104 cm³/mol.